The molecule has 18 aromatic carbocycles. The van der Waals surface area contributed by atoms with Crippen LogP contribution in [0.5, 0.6) is 0 Å². The Morgan fingerprint density at radius 3 is 0.912 bits per heavy atom. The molecule has 114 heavy (non-hydrogen) atoms. The second kappa shape index (κ2) is 27.3. The molecule has 4 heterocycles. The van der Waals surface area contributed by atoms with E-state index in [2.05, 4.69) is 441 Å². The van der Waals surface area contributed by atoms with Crippen molar-refractivity contribution in [2.24, 2.45) is 0 Å². The van der Waals surface area contributed by atoms with Gasteiger partial charge in [-0.1, -0.05) is 309 Å². The summed E-state index contributed by atoms with van der Waals surface area (Å²) in [5, 5.41) is 15.4. The van der Waals surface area contributed by atoms with Gasteiger partial charge in [0.2, 0.25) is 0 Å². The maximum absolute atomic E-state index is 7.26. The van der Waals surface area contributed by atoms with E-state index in [0.717, 1.165) is 111 Å². The van der Waals surface area contributed by atoms with Crippen molar-refractivity contribution in [2.45, 2.75) is 0 Å². The minimum Gasteiger partial charge on any atom is -0.456 e. The molecule has 0 unspecified atom stereocenters. The topological polar surface area (TPSA) is 32.8 Å². The number of furan rings is 2. The van der Waals surface area contributed by atoms with Crippen molar-refractivity contribution < 1.29 is 8.83 Å². The maximum Gasteiger partial charge on any atom is 0.180 e. The highest BCUT2D eigenvalue weighted by atomic mass is 28.3. The summed E-state index contributed by atoms with van der Waals surface area (Å²) in [6, 6.07) is 162. The summed E-state index contributed by atoms with van der Waals surface area (Å²) in [6.07, 6.45) is 0. The van der Waals surface area contributed by atoms with Gasteiger partial charge in [-0.3, -0.25) is 0 Å². The van der Waals surface area contributed by atoms with Crippen LogP contribution in [0, 0.1) is 0 Å². The van der Waals surface area contributed by atoms with E-state index in [1.165, 1.54) is 86.0 Å². The summed E-state index contributed by atoms with van der Waals surface area (Å²) in [6.45, 7) is 0. The van der Waals surface area contributed by atoms with E-state index in [9.17, 15) is 0 Å². The van der Waals surface area contributed by atoms with Crippen LogP contribution >= 0.6 is 0 Å². The molecule has 2 aromatic heterocycles. The molecule has 0 aliphatic carbocycles. The number of benzene rings is 18. The van der Waals surface area contributed by atoms with E-state index < -0.39 is 16.1 Å². The van der Waals surface area contributed by atoms with E-state index >= 15 is 0 Å². The average Bonchev–Trinajstić information content (AvgIpc) is 1.54. The number of hydrogen-bond acceptors (Lipinski definition) is 4. The van der Waals surface area contributed by atoms with E-state index in [1.807, 2.05) is 6.07 Å². The fourth-order valence-electron chi connectivity index (χ4n) is 18.8. The van der Waals surface area contributed by atoms with Crippen LogP contribution in [0.3, 0.4) is 0 Å². The predicted octanol–water partition coefficient (Wildman–Crippen LogP) is 23.5. The number of rotatable bonds is 15. The molecule has 0 spiro atoms. The quantitative estimate of drug-likeness (QED) is 0.0958. The Bertz CT molecular complexity index is 6910. The van der Waals surface area contributed by atoms with Gasteiger partial charge in [-0.05, 0) is 235 Å². The smallest absolute Gasteiger partial charge is 0.180 e. The third-order valence-electron chi connectivity index (χ3n) is 24.0. The van der Waals surface area contributed by atoms with Crippen LogP contribution in [0.4, 0.5) is 34.1 Å². The highest BCUT2D eigenvalue weighted by molar-refractivity contribution is 7.23. The molecule has 0 radical (unpaired) electrons. The second-order valence-corrected chi connectivity index (χ2v) is 37.6. The van der Waals surface area contributed by atoms with Gasteiger partial charge >= 0.3 is 0 Å². The molecule has 0 bridgehead atoms. The average molecular weight is 1490 g/mol. The molecule has 0 amide bonds. The lowest BCUT2D eigenvalue weighted by Crippen LogP contribution is -2.72. The van der Waals surface area contributed by atoms with Crippen molar-refractivity contribution in [3.8, 4) is 77.9 Å². The van der Waals surface area contributed by atoms with E-state index in [-0.39, 0.29) is 0 Å². The summed E-state index contributed by atoms with van der Waals surface area (Å²) >= 11 is 0. The van der Waals surface area contributed by atoms with Gasteiger partial charge < -0.3 is 18.6 Å². The van der Waals surface area contributed by atoms with Gasteiger partial charge in [0.25, 0.3) is 0 Å². The summed E-state index contributed by atoms with van der Waals surface area (Å²) in [4.78, 5) is 4.75. The van der Waals surface area contributed by atoms with Crippen molar-refractivity contribution in [1.82, 2.24) is 0 Å². The van der Waals surface area contributed by atoms with Crippen molar-refractivity contribution in [3.05, 3.63) is 437 Å². The molecular formula is C108H72N2O2Si2. The minimum absolute atomic E-state index is 0.799. The molecule has 0 saturated heterocycles. The summed E-state index contributed by atoms with van der Waals surface area (Å²) in [7, 11) is -5.50. The fraction of sp³-hybridized carbons (Fsp3) is 0. The molecule has 4 nitrogen and oxygen atoms in total. The Kier molecular flexibility index (Phi) is 15.9. The van der Waals surface area contributed by atoms with Crippen molar-refractivity contribution >= 4 is 136 Å². The highest BCUT2D eigenvalue weighted by Gasteiger charge is 2.50. The number of anilines is 6. The van der Waals surface area contributed by atoms with Gasteiger partial charge in [0.1, 0.15) is 22.3 Å². The standard InChI is InChI=1S/C108H72N2O2Si2/c1-7-25-73(26-8-1)75-43-51-83(52-44-75)109(84-53-45-76(46-54-84)74-27-9-2-10-28-74)85-55-47-77(48-56-85)80-65-81(78-50-63-107-99(68-78)97-38-20-23-41-105(97)113(107,89-29-11-3-12-30-89)90-31-13-4-14-32-90)67-82(66-80)79-49-60-94-96-62-58-88(72-104(96)112-102(94)69-79)110(87-57-61-95-93-37-19-22-40-101(93)111-103(95)71-87)86-59-64-108-100(70-86)98-39-21-24-42-106(98)114(108,91-33-15-5-16-34-91)92-35-17-6-18-36-92/h1-72H. The summed E-state index contributed by atoms with van der Waals surface area (Å²) in [5.41, 5.74) is 26.0. The molecular weight excluding hydrogens is 1410 g/mol. The first-order valence-corrected chi connectivity index (χ1v) is 43.2. The third kappa shape index (κ3) is 10.9. The number of fused-ring (bicyclic) bond motifs is 12. The van der Waals surface area contributed by atoms with Crippen LogP contribution in [0.1, 0.15) is 0 Å². The Morgan fingerprint density at radius 1 is 0.158 bits per heavy atom. The second-order valence-electron chi connectivity index (χ2n) is 30.2. The molecule has 0 atom stereocenters. The molecule has 2 aliphatic heterocycles. The zero-order valence-electron chi connectivity index (χ0n) is 62.3. The molecule has 6 heteroatoms. The molecule has 534 valence electrons. The van der Waals surface area contributed by atoms with Gasteiger partial charge in [0.05, 0.1) is 0 Å². The first kappa shape index (κ1) is 66.6. The zero-order chi connectivity index (χ0) is 75.3. The lowest BCUT2D eigenvalue weighted by molar-refractivity contribution is 0.669. The van der Waals surface area contributed by atoms with Crippen LogP contribution < -0.4 is 51.3 Å². The van der Waals surface area contributed by atoms with E-state index in [4.69, 9.17) is 8.83 Å². The van der Waals surface area contributed by atoms with Crippen LogP contribution in [-0.4, -0.2) is 16.1 Å². The molecule has 22 rings (SSSR count). The normalized spacial score (nSPS) is 12.9. The lowest BCUT2D eigenvalue weighted by atomic mass is 9.92. The highest BCUT2D eigenvalue weighted by Crippen LogP contribution is 2.46. The van der Waals surface area contributed by atoms with Crippen LogP contribution in [-0.2, 0) is 0 Å². The summed E-state index contributed by atoms with van der Waals surface area (Å²) < 4.78 is 13.9. The van der Waals surface area contributed by atoms with Crippen LogP contribution in [0.25, 0.3) is 122 Å². The molecule has 0 fully saturated rings. The van der Waals surface area contributed by atoms with Gasteiger partial charge in [-0.25, -0.2) is 0 Å². The van der Waals surface area contributed by atoms with Gasteiger partial charge in [0.15, 0.2) is 16.1 Å². The van der Waals surface area contributed by atoms with Gasteiger partial charge in [-0.15, -0.1) is 0 Å². The fourth-order valence-corrected chi connectivity index (χ4v) is 29.2. The Morgan fingerprint density at radius 2 is 0.439 bits per heavy atom. The maximum atomic E-state index is 7.26. The lowest BCUT2D eigenvalue weighted by Gasteiger charge is -2.32. The van der Waals surface area contributed by atoms with Crippen molar-refractivity contribution in [2.75, 3.05) is 9.80 Å². The number of para-hydroxylation sites is 1. The molecule has 0 saturated carbocycles. The van der Waals surface area contributed by atoms with Crippen LogP contribution in [0.15, 0.2) is 446 Å². The van der Waals surface area contributed by atoms with Gasteiger partial charge in [-0.2, -0.15) is 0 Å². The van der Waals surface area contributed by atoms with Crippen molar-refractivity contribution in [1.29, 1.82) is 0 Å². The van der Waals surface area contributed by atoms with Crippen LogP contribution in [0.2, 0.25) is 0 Å². The Hall–Kier alpha value is -14.4. The van der Waals surface area contributed by atoms with E-state index in [0.29, 0.717) is 0 Å². The predicted molar refractivity (Wildman–Crippen MR) is 483 cm³/mol. The molecule has 20 aromatic rings. The van der Waals surface area contributed by atoms with Crippen molar-refractivity contribution in [3.63, 3.8) is 0 Å². The largest absolute Gasteiger partial charge is 0.456 e. The minimum atomic E-state index is -2.76. The number of hydrogen-bond donors (Lipinski definition) is 0. The zero-order valence-corrected chi connectivity index (χ0v) is 64.3. The Balaban J connectivity index is 0.685. The first-order chi connectivity index (χ1) is 56.5. The monoisotopic (exact) mass is 1480 g/mol. The summed E-state index contributed by atoms with van der Waals surface area (Å²) in [5.74, 6) is 0. The third-order valence-corrected chi connectivity index (χ3v) is 33.8. The molecule has 0 N–H and O–H groups in total. The number of nitrogens with zero attached hydrogens (tertiary/aromatic N) is 2. The first-order valence-electron chi connectivity index (χ1n) is 39.2. The SMILES string of the molecule is c1ccc(-c2ccc(N(c3ccc(-c4ccccc4)cc3)c3ccc(-c4cc(-c5ccc6c(c5)-c5ccccc5[Si]6(c5ccccc5)c5ccccc5)cc(-c5ccc6c(c5)oc5cc(N(c7ccc8c(c7)-c7ccccc7[Si]8(c7ccccc7)c7ccccc7)c7ccc8c(c7)oc7ccccc78)ccc56)c4)cc3)cc2)cc1. The van der Waals surface area contributed by atoms with Gasteiger partial charge in [0, 0.05) is 67.8 Å². The van der Waals surface area contributed by atoms with E-state index in [1.54, 1.807) is 0 Å². The molecule has 2 aliphatic rings. The Labute approximate surface area is 664 Å².